The summed E-state index contributed by atoms with van der Waals surface area (Å²) in [6.45, 7) is 1.85. The molecule has 0 saturated heterocycles. The van der Waals surface area contributed by atoms with Gasteiger partial charge in [-0.25, -0.2) is 12.8 Å². The lowest BCUT2D eigenvalue weighted by molar-refractivity contribution is -0.119. The molecule has 3 aromatic rings. The van der Waals surface area contributed by atoms with Crippen molar-refractivity contribution in [2.45, 2.75) is 18.4 Å². The van der Waals surface area contributed by atoms with Gasteiger partial charge in [0.05, 0.1) is 10.6 Å². The average molecular weight is 410 g/mol. The number of anilines is 1. The summed E-state index contributed by atoms with van der Waals surface area (Å²) in [7, 11) is -3.95. The molecular formula is C22H19FN2O3S. The molecule has 1 amide bonds. The quantitative estimate of drug-likeness (QED) is 0.714. The van der Waals surface area contributed by atoms with E-state index in [1.165, 1.54) is 24.3 Å². The van der Waals surface area contributed by atoms with Gasteiger partial charge in [0.15, 0.2) is 0 Å². The summed E-state index contributed by atoms with van der Waals surface area (Å²) in [6, 6.07) is 17.9. The fourth-order valence-corrected chi connectivity index (χ4v) is 5.11. The number of amides is 1. The standard InChI is InChI=1S/C22H19FN2O3S/c1-15-6-2-3-7-16(15)13-24-22(26)14-25-20-11-10-17(23)12-19(20)18-8-4-5-9-21(18)29(25,27)28/h2-12H,13-14H2,1H3,(H,24,26). The Labute approximate surface area is 168 Å². The third-order valence-corrected chi connectivity index (χ3v) is 6.81. The van der Waals surface area contributed by atoms with Gasteiger partial charge in [0.1, 0.15) is 12.4 Å². The highest BCUT2D eigenvalue weighted by Crippen LogP contribution is 2.42. The van der Waals surface area contributed by atoms with E-state index < -0.39 is 21.7 Å². The van der Waals surface area contributed by atoms with Crippen LogP contribution >= 0.6 is 0 Å². The number of aryl methyl sites for hydroxylation is 1. The number of fused-ring (bicyclic) bond motifs is 3. The summed E-state index contributed by atoms with van der Waals surface area (Å²) < 4.78 is 41.2. The number of carbonyl (C=O) groups excluding carboxylic acids is 1. The van der Waals surface area contributed by atoms with Crippen molar-refractivity contribution in [2.75, 3.05) is 10.8 Å². The number of carbonyl (C=O) groups is 1. The van der Waals surface area contributed by atoms with Crippen molar-refractivity contribution in [1.29, 1.82) is 0 Å². The second-order valence-corrected chi connectivity index (χ2v) is 8.70. The van der Waals surface area contributed by atoms with Crippen molar-refractivity contribution in [1.82, 2.24) is 5.32 Å². The summed E-state index contributed by atoms with van der Waals surface area (Å²) in [6.07, 6.45) is 0. The first-order valence-electron chi connectivity index (χ1n) is 9.11. The predicted octanol–water partition coefficient (Wildman–Crippen LogP) is 3.63. The van der Waals surface area contributed by atoms with E-state index in [0.29, 0.717) is 17.7 Å². The minimum atomic E-state index is -3.95. The van der Waals surface area contributed by atoms with Gasteiger partial charge >= 0.3 is 0 Å². The van der Waals surface area contributed by atoms with Gasteiger partial charge in [0.2, 0.25) is 5.91 Å². The average Bonchev–Trinajstić information content (AvgIpc) is 2.71. The van der Waals surface area contributed by atoms with E-state index in [9.17, 15) is 17.6 Å². The van der Waals surface area contributed by atoms with E-state index in [-0.39, 0.29) is 17.1 Å². The van der Waals surface area contributed by atoms with E-state index in [1.54, 1.807) is 18.2 Å². The van der Waals surface area contributed by atoms with E-state index in [4.69, 9.17) is 0 Å². The molecule has 1 aliphatic heterocycles. The molecule has 0 spiro atoms. The molecule has 0 unspecified atom stereocenters. The molecule has 0 fully saturated rings. The van der Waals surface area contributed by atoms with Gasteiger partial charge < -0.3 is 5.32 Å². The Balaban J connectivity index is 1.65. The maximum absolute atomic E-state index is 13.9. The molecule has 4 rings (SSSR count). The molecule has 1 aliphatic rings. The second-order valence-electron chi connectivity index (χ2n) is 6.87. The van der Waals surface area contributed by atoms with Crippen LogP contribution < -0.4 is 9.62 Å². The predicted molar refractivity (Wildman–Crippen MR) is 109 cm³/mol. The van der Waals surface area contributed by atoms with Crippen molar-refractivity contribution < 1.29 is 17.6 Å². The van der Waals surface area contributed by atoms with Gasteiger partial charge in [-0.2, -0.15) is 0 Å². The van der Waals surface area contributed by atoms with Crippen molar-refractivity contribution >= 4 is 21.6 Å². The van der Waals surface area contributed by atoms with E-state index >= 15 is 0 Å². The molecular weight excluding hydrogens is 391 g/mol. The lowest BCUT2D eigenvalue weighted by atomic mass is 10.0. The van der Waals surface area contributed by atoms with Crippen LogP contribution in [0.1, 0.15) is 11.1 Å². The van der Waals surface area contributed by atoms with Crippen LogP contribution in [-0.4, -0.2) is 20.9 Å². The third-order valence-electron chi connectivity index (χ3n) is 5.00. The Morgan fingerprint density at radius 2 is 1.72 bits per heavy atom. The zero-order valence-corrected chi connectivity index (χ0v) is 16.5. The van der Waals surface area contributed by atoms with Crippen LogP contribution in [-0.2, 0) is 21.4 Å². The Kier molecular flexibility index (Phi) is 4.84. The fourth-order valence-electron chi connectivity index (χ4n) is 3.46. The number of nitrogens with zero attached hydrogens (tertiary/aromatic N) is 1. The minimum absolute atomic E-state index is 0.0600. The molecule has 0 saturated carbocycles. The number of hydrogen-bond acceptors (Lipinski definition) is 3. The van der Waals surface area contributed by atoms with Crippen LogP contribution in [0.15, 0.2) is 71.6 Å². The van der Waals surface area contributed by atoms with Crippen molar-refractivity contribution in [3.8, 4) is 11.1 Å². The number of halogens is 1. The Morgan fingerprint density at radius 3 is 2.52 bits per heavy atom. The van der Waals surface area contributed by atoms with Crippen LogP contribution in [0, 0.1) is 12.7 Å². The molecule has 5 nitrogen and oxygen atoms in total. The van der Waals surface area contributed by atoms with E-state index in [1.807, 2.05) is 31.2 Å². The van der Waals surface area contributed by atoms with Crippen LogP contribution in [0.5, 0.6) is 0 Å². The Morgan fingerprint density at radius 1 is 1.00 bits per heavy atom. The number of nitrogens with one attached hydrogen (secondary N) is 1. The van der Waals surface area contributed by atoms with E-state index in [2.05, 4.69) is 5.32 Å². The van der Waals surface area contributed by atoms with Crippen LogP contribution in [0.3, 0.4) is 0 Å². The second kappa shape index (κ2) is 7.33. The first kappa shape index (κ1) is 19.1. The number of rotatable bonds is 4. The normalized spacial score (nSPS) is 14.1. The Hall–Kier alpha value is -3.19. The summed E-state index contributed by atoms with van der Waals surface area (Å²) in [5.74, 6) is -0.909. The number of benzene rings is 3. The summed E-state index contributed by atoms with van der Waals surface area (Å²) in [5.41, 5.74) is 3.15. The van der Waals surface area contributed by atoms with Crippen LogP contribution in [0.4, 0.5) is 10.1 Å². The first-order chi connectivity index (χ1) is 13.9. The van der Waals surface area contributed by atoms with Gasteiger partial charge in [-0.1, -0.05) is 42.5 Å². The van der Waals surface area contributed by atoms with Gasteiger partial charge in [-0.15, -0.1) is 0 Å². The van der Waals surface area contributed by atoms with Gasteiger partial charge in [-0.05, 0) is 42.3 Å². The smallest absolute Gasteiger partial charge is 0.265 e. The molecule has 1 N–H and O–H groups in total. The van der Waals surface area contributed by atoms with Gasteiger partial charge in [-0.3, -0.25) is 9.10 Å². The molecule has 7 heteroatoms. The van der Waals surface area contributed by atoms with E-state index in [0.717, 1.165) is 15.4 Å². The maximum atomic E-state index is 13.9. The zero-order chi connectivity index (χ0) is 20.6. The summed E-state index contributed by atoms with van der Waals surface area (Å²) in [4.78, 5) is 12.6. The molecule has 1 heterocycles. The highest BCUT2D eigenvalue weighted by atomic mass is 32.2. The lowest BCUT2D eigenvalue weighted by Gasteiger charge is -2.31. The largest absolute Gasteiger partial charge is 0.350 e. The van der Waals surface area contributed by atoms with Crippen LogP contribution in [0.25, 0.3) is 11.1 Å². The van der Waals surface area contributed by atoms with Crippen molar-refractivity contribution in [3.63, 3.8) is 0 Å². The van der Waals surface area contributed by atoms with Gasteiger partial charge in [0.25, 0.3) is 10.0 Å². The summed E-state index contributed by atoms with van der Waals surface area (Å²) >= 11 is 0. The molecule has 0 aromatic heterocycles. The highest BCUT2D eigenvalue weighted by molar-refractivity contribution is 7.93. The lowest BCUT2D eigenvalue weighted by Crippen LogP contribution is -2.42. The van der Waals surface area contributed by atoms with Crippen LogP contribution in [0.2, 0.25) is 0 Å². The zero-order valence-electron chi connectivity index (χ0n) is 15.7. The Bertz CT molecular complexity index is 1210. The number of sulfonamides is 1. The fraction of sp³-hybridized carbons (Fsp3) is 0.136. The minimum Gasteiger partial charge on any atom is -0.350 e. The maximum Gasteiger partial charge on any atom is 0.265 e. The van der Waals surface area contributed by atoms with Crippen molar-refractivity contribution in [2.24, 2.45) is 0 Å². The van der Waals surface area contributed by atoms with Gasteiger partial charge in [0, 0.05) is 17.7 Å². The third kappa shape index (κ3) is 3.49. The molecule has 29 heavy (non-hydrogen) atoms. The molecule has 3 aromatic carbocycles. The molecule has 148 valence electrons. The van der Waals surface area contributed by atoms with Crippen molar-refractivity contribution in [3.05, 3.63) is 83.7 Å². The first-order valence-corrected chi connectivity index (χ1v) is 10.5. The SMILES string of the molecule is Cc1ccccc1CNC(=O)CN1c2ccc(F)cc2-c2ccccc2S1(=O)=O. The summed E-state index contributed by atoms with van der Waals surface area (Å²) in [5, 5.41) is 2.77. The topological polar surface area (TPSA) is 66.5 Å². The highest BCUT2D eigenvalue weighted by Gasteiger charge is 2.36. The number of hydrogen-bond donors (Lipinski definition) is 1. The molecule has 0 atom stereocenters. The molecule has 0 bridgehead atoms. The monoisotopic (exact) mass is 410 g/mol. The molecule has 0 radical (unpaired) electrons. The molecule has 0 aliphatic carbocycles.